The smallest absolute Gasteiger partial charge is 0.305 e. The Morgan fingerprint density at radius 3 is 2.32 bits per heavy atom. The minimum absolute atomic E-state index is 0.0372. The van der Waals surface area contributed by atoms with Crippen LogP contribution in [0.4, 0.5) is 0 Å². The molecule has 1 aliphatic heterocycles. The summed E-state index contributed by atoms with van der Waals surface area (Å²) in [4.78, 5) is 11.7. The second kappa shape index (κ2) is 13.1. The number of rotatable bonds is 12. The van der Waals surface area contributed by atoms with Crippen molar-refractivity contribution < 1.29 is 29.7 Å². The van der Waals surface area contributed by atoms with E-state index in [9.17, 15) is 15.0 Å². The minimum atomic E-state index is -1.31. The summed E-state index contributed by atoms with van der Waals surface area (Å²) in [5.74, 6) is -0.324. The van der Waals surface area contributed by atoms with Gasteiger partial charge in [0.15, 0.2) is 0 Å². The van der Waals surface area contributed by atoms with Crippen LogP contribution >= 0.6 is 0 Å². The van der Waals surface area contributed by atoms with Crippen LogP contribution in [0.15, 0.2) is 5.16 Å². The van der Waals surface area contributed by atoms with Crippen molar-refractivity contribution in [3.8, 4) is 0 Å². The van der Waals surface area contributed by atoms with E-state index < -0.39 is 18.3 Å². The van der Waals surface area contributed by atoms with E-state index in [1.807, 2.05) is 0 Å². The Morgan fingerprint density at radius 2 is 1.72 bits per heavy atom. The number of nitrogens with zero attached hydrogens (tertiary/aromatic N) is 1. The molecule has 0 unspecified atom stereocenters. The zero-order chi connectivity index (χ0) is 18.5. The van der Waals surface area contributed by atoms with Gasteiger partial charge in [-0.3, -0.25) is 4.79 Å². The summed E-state index contributed by atoms with van der Waals surface area (Å²) in [5.41, 5.74) is -0.0372. The van der Waals surface area contributed by atoms with Crippen LogP contribution in [0.3, 0.4) is 0 Å². The maximum atomic E-state index is 11.7. The molecule has 0 saturated carbocycles. The molecule has 0 aromatic carbocycles. The van der Waals surface area contributed by atoms with Crippen molar-refractivity contribution in [2.24, 2.45) is 5.16 Å². The average Bonchev–Trinajstić information content (AvgIpc) is 2.61. The first-order valence-corrected chi connectivity index (χ1v) is 9.44. The molecule has 1 fully saturated rings. The summed E-state index contributed by atoms with van der Waals surface area (Å²) in [6.45, 7) is 1.99. The van der Waals surface area contributed by atoms with E-state index in [4.69, 9.17) is 14.7 Å². The van der Waals surface area contributed by atoms with Crippen molar-refractivity contribution in [1.29, 1.82) is 0 Å². The zero-order valence-electron chi connectivity index (χ0n) is 15.2. The normalized spacial score (nSPS) is 25.2. The lowest BCUT2D eigenvalue weighted by molar-refractivity contribution is -0.155. The molecule has 1 aliphatic rings. The predicted octanol–water partition coefficient (Wildman–Crippen LogP) is 2.40. The van der Waals surface area contributed by atoms with E-state index in [-0.39, 0.29) is 24.9 Å². The summed E-state index contributed by atoms with van der Waals surface area (Å²) >= 11 is 0. The SMILES string of the molecule is CCCCCCCCCCCC(=O)OC[C@H]1OCC(=NO)[C@@H](O)[C@@H]1O. The average molecular weight is 359 g/mol. The van der Waals surface area contributed by atoms with Gasteiger partial charge in [0.05, 0.1) is 6.61 Å². The molecular formula is C18H33NO6. The summed E-state index contributed by atoms with van der Waals surface area (Å²) < 4.78 is 10.3. The number of hydrogen-bond acceptors (Lipinski definition) is 7. The number of aliphatic hydroxyl groups is 2. The second-order valence-electron chi connectivity index (χ2n) is 6.64. The van der Waals surface area contributed by atoms with Crippen LogP contribution in [-0.4, -0.2) is 58.6 Å². The highest BCUT2D eigenvalue weighted by atomic mass is 16.6. The molecule has 1 saturated heterocycles. The standard InChI is InChI=1S/C18H33NO6/c1-2-3-4-5-6-7-8-9-10-11-16(20)25-13-15-18(22)17(21)14(19-23)12-24-15/h15,17-18,21-23H,2-13H2,1H3/t15-,17-,18-/m1/s1. The van der Waals surface area contributed by atoms with Gasteiger partial charge in [-0.25, -0.2) is 0 Å². The number of ether oxygens (including phenoxy) is 2. The molecule has 1 rings (SSSR count). The molecular weight excluding hydrogens is 326 g/mol. The first kappa shape index (κ1) is 21.9. The molecule has 0 amide bonds. The Hall–Kier alpha value is -1.18. The van der Waals surface area contributed by atoms with E-state index in [1.54, 1.807) is 0 Å². The molecule has 0 spiro atoms. The van der Waals surface area contributed by atoms with Crippen molar-refractivity contribution in [1.82, 2.24) is 0 Å². The lowest BCUT2D eigenvalue weighted by Gasteiger charge is -2.31. The molecule has 3 N–H and O–H groups in total. The Morgan fingerprint density at radius 1 is 1.12 bits per heavy atom. The molecule has 0 radical (unpaired) electrons. The van der Waals surface area contributed by atoms with Gasteiger partial charge in [-0.1, -0.05) is 63.4 Å². The quantitative estimate of drug-likeness (QED) is 0.214. The number of aliphatic hydroxyl groups excluding tert-OH is 2. The van der Waals surface area contributed by atoms with Gasteiger partial charge >= 0.3 is 5.97 Å². The third-order valence-electron chi connectivity index (χ3n) is 4.51. The van der Waals surface area contributed by atoms with Gasteiger partial charge in [-0.15, -0.1) is 0 Å². The fraction of sp³-hybridized carbons (Fsp3) is 0.889. The maximum absolute atomic E-state index is 11.7. The number of carbonyl (C=O) groups excluding carboxylic acids is 1. The Labute approximate surface area is 150 Å². The third-order valence-corrected chi connectivity index (χ3v) is 4.51. The first-order chi connectivity index (χ1) is 12.1. The van der Waals surface area contributed by atoms with Crippen LogP contribution in [0.25, 0.3) is 0 Å². The van der Waals surface area contributed by atoms with Crippen LogP contribution in [0, 0.1) is 0 Å². The zero-order valence-corrected chi connectivity index (χ0v) is 15.2. The van der Waals surface area contributed by atoms with E-state index >= 15 is 0 Å². The van der Waals surface area contributed by atoms with Gasteiger partial charge in [-0.2, -0.15) is 0 Å². The largest absolute Gasteiger partial charge is 0.463 e. The fourth-order valence-corrected chi connectivity index (χ4v) is 2.84. The van der Waals surface area contributed by atoms with Crippen LogP contribution in [0.1, 0.15) is 71.1 Å². The van der Waals surface area contributed by atoms with E-state index in [2.05, 4.69) is 12.1 Å². The number of esters is 1. The lowest BCUT2D eigenvalue weighted by Crippen LogP contribution is -2.52. The van der Waals surface area contributed by atoms with E-state index in [0.29, 0.717) is 6.42 Å². The summed E-state index contributed by atoms with van der Waals surface area (Å²) in [6.07, 6.45) is 7.59. The van der Waals surface area contributed by atoms with Crippen molar-refractivity contribution in [2.45, 2.75) is 89.4 Å². The molecule has 0 bridgehead atoms. The van der Waals surface area contributed by atoms with Gasteiger partial charge in [-0.05, 0) is 6.42 Å². The summed E-state index contributed by atoms with van der Waals surface area (Å²) in [5, 5.41) is 31.1. The molecule has 7 nitrogen and oxygen atoms in total. The fourth-order valence-electron chi connectivity index (χ4n) is 2.84. The van der Waals surface area contributed by atoms with Crippen molar-refractivity contribution in [3.63, 3.8) is 0 Å². The molecule has 0 aliphatic carbocycles. The van der Waals surface area contributed by atoms with Crippen molar-refractivity contribution >= 4 is 11.7 Å². The highest BCUT2D eigenvalue weighted by Gasteiger charge is 2.37. The first-order valence-electron chi connectivity index (χ1n) is 9.44. The molecule has 146 valence electrons. The van der Waals surface area contributed by atoms with E-state index in [0.717, 1.165) is 19.3 Å². The van der Waals surface area contributed by atoms with E-state index in [1.165, 1.54) is 38.5 Å². The van der Waals surface area contributed by atoms with Gasteiger partial charge in [0, 0.05) is 6.42 Å². The lowest BCUT2D eigenvalue weighted by atomic mass is 10.0. The molecule has 1 heterocycles. The highest BCUT2D eigenvalue weighted by Crippen LogP contribution is 2.15. The Balaban J connectivity index is 2.04. The molecule has 0 aromatic heterocycles. The van der Waals surface area contributed by atoms with Crippen molar-refractivity contribution in [2.75, 3.05) is 13.2 Å². The highest BCUT2D eigenvalue weighted by molar-refractivity contribution is 5.90. The molecule has 0 aromatic rings. The summed E-state index contributed by atoms with van der Waals surface area (Å²) in [6, 6.07) is 0. The number of oxime groups is 1. The molecule has 25 heavy (non-hydrogen) atoms. The number of carbonyl (C=O) groups is 1. The van der Waals surface area contributed by atoms with Gasteiger partial charge in [0.25, 0.3) is 0 Å². The number of unbranched alkanes of at least 4 members (excludes halogenated alkanes) is 8. The van der Waals surface area contributed by atoms with Crippen LogP contribution in [-0.2, 0) is 14.3 Å². The third kappa shape index (κ3) is 8.65. The minimum Gasteiger partial charge on any atom is -0.463 e. The van der Waals surface area contributed by atoms with Crippen LogP contribution in [0.5, 0.6) is 0 Å². The topological polar surface area (TPSA) is 109 Å². The predicted molar refractivity (Wildman–Crippen MR) is 93.8 cm³/mol. The van der Waals surface area contributed by atoms with Gasteiger partial charge in [0.1, 0.15) is 30.6 Å². The van der Waals surface area contributed by atoms with Crippen LogP contribution < -0.4 is 0 Å². The Bertz CT molecular complexity index is 401. The van der Waals surface area contributed by atoms with Crippen molar-refractivity contribution in [3.05, 3.63) is 0 Å². The molecule has 7 heteroatoms. The monoisotopic (exact) mass is 359 g/mol. The van der Waals surface area contributed by atoms with Gasteiger partial charge < -0.3 is 24.9 Å². The number of hydrogen-bond donors (Lipinski definition) is 3. The maximum Gasteiger partial charge on any atom is 0.305 e. The Kier molecular flexibility index (Phi) is 11.4. The molecule has 3 atom stereocenters. The summed E-state index contributed by atoms with van der Waals surface area (Å²) in [7, 11) is 0. The van der Waals surface area contributed by atoms with Crippen LogP contribution in [0.2, 0.25) is 0 Å². The second-order valence-corrected chi connectivity index (χ2v) is 6.64. The van der Waals surface area contributed by atoms with Gasteiger partial charge in [0.2, 0.25) is 0 Å².